The van der Waals surface area contributed by atoms with E-state index in [0.29, 0.717) is 5.95 Å². The van der Waals surface area contributed by atoms with E-state index in [0.717, 1.165) is 30.7 Å². The summed E-state index contributed by atoms with van der Waals surface area (Å²) in [5, 5.41) is 0. The van der Waals surface area contributed by atoms with Gasteiger partial charge in [0, 0.05) is 19.6 Å². The second kappa shape index (κ2) is 4.52. The maximum Gasteiger partial charge on any atom is 0.201 e. The molecule has 1 aromatic heterocycles. The van der Waals surface area contributed by atoms with E-state index in [9.17, 15) is 0 Å². The largest absolute Gasteiger partial charge is 0.370 e. The van der Waals surface area contributed by atoms with Gasteiger partial charge in [-0.25, -0.2) is 4.98 Å². The smallest absolute Gasteiger partial charge is 0.201 e. The van der Waals surface area contributed by atoms with Crippen molar-refractivity contribution in [2.24, 2.45) is 0 Å². The first-order chi connectivity index (χ1) is 8.81. The van der Waals surface area contributed by atoms with E-state index in [1.807, 2.05) is 0 Å². The van der Waals surface area contributed by atoms with E-state index in [-0.39, 0.29) is 0 Å². The van der Waals surface area contributed by atoms with Crippen LogP contribution in [0.4, 0.5) is 11.6 Å². The summed E-state index contributed by atoms with van der Waals surface area (Å²) in [6, 6.07) is 6.38. The lowest BCUT2D eigenvalue weighted by Crippen LogP contribution is -2.29. The highest BCUT2D eigenvalue weighted by Crippen LogP contribution is 2.29. The lowest BCUT2D eigenvalue weighted by atomic mass is 10.1. The molecule has 0 atom stereocenters. The molecule has 0 saturated carbocycles. The zero-order valence-corrected chi connectivity index (χ0v) is 10.9. The number of rotatable bonds is 2. The van der Waals surface area contributed by atoms with E-state index in [4.69, 9.17) is 5.73 Å². The Bertz CT molecular complexity index is 552. The van der Waals surface area contributed by atoms with E-state index in [2.05, 4.69) is 39.6 Å². The summed E-state index contributed by atoms with van der Waals surface area (Å²) in [5.74, 6) is 0.622. The number of hydrogen-bond acceptors (Lipinski definition) is 3. The number of hydrogen-bond donors (Lipinski definition) is 1. The average Bonchev–Trinajstić information content (AvgIpc) is 2.74. The van der Waals surface area contributed by atoms with Crippen LogP contribution < -0.4 is 10.6 Å². The molecule has 3 rings (SSSR count). The number of aromatic nitrogens is 2. The Morgan fingerprint density at radius 2 is 2.00 bits per heavy atom. The van der Waals surface area contributed by atoms with Crippen molar-refractivity contribution in [3.8, 4) is 0 Å². The molecule has 2 N–H and O–H groups in total. The van der Waals surface area contributed by atoms with Crippen molar-refractivity contribution in [2.75, 3.05) is 23.7 Å². The van der Waals surface area contributed by atoms with Gasteiger partial charge >= 0.3 is 0 Å². The van der Waals surface area contributed by atoms with Crippen LogP contribution in [0.25, 0.3) is 11.0 Å². The molecule has 4 heteroatoms. The Hall–Kier alpha value is -1.71. The number of para-hydroxylation sites is 1. The predicted molar refractivity (Wildman–Crippen MR) is 75.9 cm³/mol. The van der Waals surface area contributed by atoms with Crippen molar-refractivity contribution < 1.29 is 0 Å². The fourth-order valence-corrected chi connectivity index (χ4v) is 2.87. The highest BCUT2D eigenvalue weighted by atomic mass is 15.2. The van der Waals surface area contributed by atoms with E-state index in [1.54, 1.807) is 0 Å². The summed E-state index contributed by atoms with van der Waals surface area (Å²) >= 11 is 0. The van der Waals surface area contributed by atoms with Crippen molar-refractivity contribution in [2.45, 2.75) is 32.7 Å². The van der Waals surface area contributed by atoms with Crippen LogP contribution >= 0.6 is 0 Å². The number of piperidine rings is 1. The number of nitrogens with zero attached hydrogens (tertiary/aromatic N) is 3. The van der Waals surface area contributed by atoms with Gasteiger partial charge in [0.1, 0.15) is 5.52 Å². The third-order valence-electron chi connectivity index (χ3n) is 3.80. The van der Waals surface area contributed by atoms with Gasteiger partial charge in [-0.3, -0.25) is 0 Å². The fraction of sp³-hybridized carbons (Fsp3) is 0.500. The number of nitrogen functional groups attached to an aromatic ring is 1. The van der Waals surface area contributed by atoms with Gasteiger partial charge in [0.25, 0.3) is 0 Å². The van der Waals surface area contributed by atoms with E-state index in [1.165, 1.54) is 24.9 Å². The standard InChI is InChI=1S/C14H20N4/c1-2-18-12-8-6-7-11(13(12)16-14(18)15)17-9-4-3-5-10-17/h6-8H,2-5,9-10H2,1H3,(H2,15,16). The summed E-state index contributed by atoms with van der Waals surface area (Å²) in [5.41, 5.74) is 9.44. The first-order valence-electron chi connectivity index (χ1n) is 6.81. The van der Waals surface area contributed by atoms with Gasteiger partial charge in [-0.05, 0) is 38.3 Å². The topological polar surface area (TPSA) is 47.1 Å². The quantitative estimate of drug-likeness (QED) is 0.883. The highest BCUT2D eigenvalue weighted by Gasteiger charge is 2.16. The molecule has 1 saturated heterocycles. The molecule has 0 aliphatic carbocycles. The van der Waals surface area contributed by atoms with Crippen molar-refractivity contribution in [1.82, 2.24) is 9.55 Å². The Kier molecular flexibility index (Phi) is 2.86. The second-order valence-electron chi connectivity index (χ2n) is 4.91. The molecule has 4 nitrogen and oxygen atoms in total. The Morgan fingerprint density at radius 1 is 1.22 bits per heavy atom. The van der Waals surface area contributed by atoms with E-state index < -0.39 is 0 Å². The van der Waals surface area contributed by atoms with Gasteiger partial charge in [-0.1, -0.05) is 6.07 Å². The van der Waals surface area contributed by atoms with Crippen LogP contribution in [-0.2, 0) is 6.54 Å². The molecule has 0 unspecified atom stereocenters. The molecule has 2 heterocycles. The summed E-state index contributed by atoms with van der Waals surface area (Å²) in [6.07, 6.45) is 3.90. The lowest BCUT2D eigenvalue weighted by molar-refractivity contribution is 0.579. The molecule has 0 bridgehead atoms. The third-order valence-corrected chi connectivity index (χ3v) is 3.80. The average molecular weight is 244 g/mol. The van der Waals surface area contributed by atoms with Gasteiger partial charge in [0.05, 0.1) is 11.2 Å². The summed E-state index contributed by atoms with van der Waals surface area (Å²) in [6.45, 7) is 5.24. The minimum absolute atomic E-state index is 0.622. The van der Waals surface area contributed by atoms with Crippen LogP contribution in [0.5, 0.6) is 0 Å². The molecular formula is C14H20N4. The summed E-state index contributed by atoms with van der Waals surface area (Å²) in [7, 11) is 0. The number of fused-ring (bicyclic) bond motifs is 1. The molecule has 1 aromatic carbocycles. The van der Waals surface area contributed by atoms with Gasteiger partial charge in [-0.2, -0.15) is 0 Å². The predicted octanol–water partition coefficient (Wildman–Crippen LogP) is 2.63. The molecule has 1 aliphatic rings. The zero-order valence-electron chi connectivity index (χ0n) is 10.9. The van der Waals surface area contributed by atoms with Crippen LogP contribution in [0, 0.1) is 0 Å². The SMILES string of the molecule is CCn1c(N)nc2c(N3CCCCC3)cccc21. The summed E-state index contributed by atoms with van der Waals surface area (Å²) < 4.78 is 2.07. The van der Waals surface area contributed by atoms with Crippen LogP contribution in [0.3, 0.4) is 0 Å². The highest BCUT2D eigenvalue weighted by molar-refractivity contribution is 5.90. The van der Waals surface area contributed by atoms with Crippen LogP contribution in [0.1, 0.15) is 26.2 Å². The number of anilines is 2. The Balaban J connectivity index is 2.11. The Morgan fingerprint density at radius 3 is 2.72 bits per heavy atom. The lowest BCUT2D eigenvalue weighted by Gasteiger charge is -2.28. The first kappa shape index (κ1) is 11.4. The van der Waals surface area contributed by atoms with Crippen LogP contribution in [0.15, 0.2) is 18.2 Å². The number of benzene rings is 1. The zero-order chi connectivity index (χ0) is 12.5. The van der Waals surface area contributed by atoms with Gasteiger partial charge < -0.3 is 15.2 Å². The first-order valence-corrected chi connectivity index (χ1v) is 6.81. The third kappa shape index (κ3) is 1.72. The van der Waals surface area contributed by atoms with Crippen molar-refractivity contribution in [3.63, 3.8) is 0 Å². The maximum absolute atomic E-state index is 6.00. The molecule has 96 valence electrons. The molecule has 1 aliphatic heterocycles. The van der Waals surface area contributed by atoms with Gasteiger partial charge in [0.15, 0.2) is 0 Å². The normalized spacial score (nSPS) is 16.4. The van der Waals surface area contributed by atoms with Gasteiger partial charge in [0.2, 0.25) is 5.95 Å². The molecule has 18 heavy (non-hydrogen) atoms. The van der Waals surface area contributed by atoms with Crippen molar-refractivity contribution in [1.29, 1.82) is 0 Å². The van der Waals surface area contributed by atoms with Crippen LogP contribution in [-0.4, -0.2) is 22.6 Å². The maximum atomic E-state index is 6.00. The molecule has 0 amide bonds. The minimum atomic E-state index is 0.622. The minimum Gasteiger partial charge on any atom is -0.370 e. The number of aryl methyl sites for hydroxylation is 1. The van der Waals surface area contributed by atoms with Crippen molar-refractivity contribution >= 4 is 22.7 Å². The fourth-order valence-electron chi connectivity index (χ4n) is 2.87. The number of nitrogens with two attached hydrogens (primary N) is 1. The molecular weight excluding hydrogens is 224 g/mol. The van der Waals surface area contributed by atoms with E-state index >= 15 is 0 Å². The summed E-state index contributed by atoms with van der Waals surface area (Å²) in [4.78, 5) is 7.00. The van der Waals surface area contributed by atoms with Crippen LogP contribution in [0.2, 0.25) is 0 Å². The molecule has 2 aromatic rings. The number of imidazole rings is 1. The molecule has 0 spiro atoms. The monoisotopic (exact) mass is 244 g/mol. The van der Waals surface area contributed by atoms with Crippen molar-refractivity contribution in [3.05, 3.63) is 18.2 Å². The Labute approximate surface area is 107 Å². The van der Waals surface area contributed by atoms with Gasteiger partial charge in [-0.15, -0.1) is 0 Å². The molecule has 1 fully saturated rings. The second-order valence-corrected chi connectivity index (χ2v) is 4.91. The molecule has 0 radical (unpaired) electrons.